The quantitative estimate of drug-likeness (QED) is 0.212. The van der Waals surface area contributed by atoms with Crippen LogP contribution < -0.4 is 20.1 Å². The number of anilines is 1. The molecule has 9 nitrogen and oxygen atoms in total. The molecule has 0 bridgehead atoms. The van der Waals surface area contributed by atoms with Gasteiger partial charge in [0.05, 0.1) is 30.9 Å². The minimum atomic E-state index is -0.504. The van der Waals surface area contributed by atoms with Crippen molar-refractivity contribution < 1.29 is 28.6 Å². The third-order valence-corrected chi connectivity index (χ3v) is 8.35. The van der Waals surface area contributed by atoms with Gasteiger partial charge in [-0.1, -0.05) is 18.2 Å². The van der Waals surface area contributed by atoms with E-state index < -0.39 is 12.1 Å². The zero-order chi connectivity index (χ0) is 26.8. The molecule has 2 aliphatic rings. The van der Waals surface area contributed by atoms with Crippen LogP contribution in [0.4, 0.5) is 9.80 Å². The molecule has 198 valence electrons. The number of benzene rings is 2. The van der Waals surface area contributed by atoms with Crippen LogP contribution >= 0.6 is 33.9 Å². The van der Waals surface area contributed by atoms with Gasteiger partial charge in [0.2, 0.25) is 0 Å². The molecule has 0 saturated carbocycles. The lowest BCUT2D eigenvalue weighted by Crippen LogP contribution is -2.39. The lowest BCUT2D eigenvalue weighted by Gasteiger charge is -2.28. The maximum absolute atomic E-state index is 13.2. The second-order valence-electron chi connectivity index (χ2n) is 8.64. The highest BCUT2D eigenvalue weighted by molar-refractivity contribution is 14.1. The van der Waals surface area contributed by atoms with Gasteiger partial charge in [-0.05, 0) is 78.3 Å². The number of thiophene rings is 1. The number of nitrogens with one attached hydrogen (secondary N) is 2. The molecule has 1 atom stereocenters. The summed E-state index contributed by atoms with van der Waals surface area (Å²) in [6, 6.07) is 12.4. The maximum Gasteiger partial charge on any atom is 0.410 e. The summed E-state index contributed by atoms with van der Waals surface area (Å²) in [4.78, 5) is 40.8. The summed E-state index contributed by atoms with van der Waals surface area (Å²) in [6.07, 6.45) is -0.254. The molecule has 0 aliphatic carbocycles. The van der Waals surface area contributed by atoms with Gasteiger partial charge in [0.25, 0.3) is 5.91 Å². The third-order valence-electron chi connectivity index (χ3n) is 6.26. The normalized spacial score (nSPS) is 16.0. The van der Waals surface area contributed by atoms with E-state index in [0.717, 1.165) is 24.6 Å². The molecule has 3 heterocycles. The number of halogens is 1. The van der Waals surface area contributed by atoms with Gasteiger partial charge < -0.3 is 29.7 Å². The van der Waals surface area contributed by atoms with Crippen LogP contribution in [0, 0.1) is 3.57 Å². The molecular weight excluding hydrogens is 621 g/mol. The van der Waals surface area contributed by atoms with Gasteiger partial charge in [-0.25, -0.2) is 9.59 Å². The lowest BCUT2D eigenvalue weighted by molar-refractivity contribution is 0.0727. The van der Waals surface area contributed by atoms with Crippen molar-refractivity contribution in [2.24, 2.45) is 0 Å². The van der Waals surface area contributed by atoms with Crippen molar-refractivity contribution in [1.29, 1.82) is 0 Å². The number of carbonyl (C=O) groups is 3. The summed E-state index contributed by atoms with van der Waals surface area (Å²) >= 11 is 3.58. The molecule has 0 unspecified atom stereocenters. The van der Waals surface area contributed by atoms with Crippen molar-refractivity contribution in [3.63, 3.8) is 0 Å². The lowest BCUT2D eigenvalue weighted by atomic mass is 10.0. The molecule has 3 aromatic rings. The van der Waals surface area contributed by atoms with Gasteiger partial charge in [0.1, 0.15) is 11.2 Å². The van der Waals surface area contributed by atoms with Crippen LogP contribution in [0.5, 0.6) is 11.5 Å². The van der Waals surface area contributed by atoms with Crippen LogP contribution in [0.15, 0.2) is 42.5 Å². The van der Waals surface area contributed by atoms with Crippen molar-refractivity contribution >= 4 is 56.9 Å². The number of esters is 1. The van der Waals surface area contributed by atoms with Crippen molar-refractivity contribution in [2.45, 2.75) is 33.0 Å². The van der Waals surface area contributed by atoms with Crippen molar-refractivity contribution in [2.75, 3.05) is 25.1 Å². The summed E-state index contributed by atoms with van der Waals surface area (Å²) in [7, 11) is 0. The fourth-order valence-corrected chi connectivity index (χ4v) is 6.39. The van der Waals surface area contributed by atoms with E-state index in [1.165, 1.54) is 11.3 Å². The molecule has 2 amide bonds. The number of hydrogen-bond donors (Lipinski definition) is 2. The van der Waals surface area contributed by atoms with Crippen molar-refractivity contribution in [3.8, 4) is 11.5 Å². The molecule has 1 aromatic heterocycles. The monoisotopic (exact) mass is 647 g/mol. The average molecular weight is 647 g/mol. The molecule has 0 fully saturated rings. The maximum atomic E-state index is 13.2. The van der Waals surface area contributed by atoms with Crippen LogP contribution in [0.1, 0.15) is 56.7 Å². The Morgan fingerprint density at radius 1 is 1.11 bits per heavy atom. The summed E-state index contributed by atoms with van der Waals surface area (Å²) < 4.78 is 17.4. The van der Waals surface area contributed by atoms with Crippen LogP contribution in [-0.4, -0.2) is 42.6 Å². The van der Waals surface area contributed by atoms with Gasteiger partial charge in [-0.2, -0.15) is 0 Å². The first kappa shape index (κ1) is 26.3. The fraction of sp³-hybridized carbons (Fsp3) is 0.296. The zero-order valence-electron chi connectivity index (χ0n) is 20.8. The Kier molecular flexibility index (Phi) is 7.75. The Bertz CT molecular complexity index is 1410. The van der Waals surface area contributed by atoms with Crippen LogP contribution in [0.3, 0.4) is 0 Å². The molecule has 2 N–H and O–H groups in total. The summed E-state index contributed by atoms with van der Waals surface area (Å²) in [5.41, 5.74) is 2.83. The van der Waals surface area contributed by atoms with Gasteiger partial charge in [-0.15, -0.1) is 11.3 Å². The minimum absolute atomic E-state index is 0.169. The highest BCUT2D eigenvalue weighted by Gasteiger charge is 2.35. The van der Waals surface area contributed by atoms with Crippen LogP contribution in [0.2, 0.25) is 0 Å². The summed E-state index contributed by atoms with van der Waals surface area (Å²) in [5.74, 6) is 0.0619. The topological polar surface area (TPSA) is 106 Å². The van der Waals surface area contributed by atoms with E-state index in [9.17, 15) is 14.4 Å². The van der Waals surface area contributed by atoms with E-state index in [0.29, 0.717) is 55.4 Å². The van der Waals surface area contributed by atoms with Crippen molar-refractivity contribution in [1.82, 2.24) is 10.2 Å². The Morgan fingerprint density at radius 2 is 1.92 bits per heavy atom. The number of amides is 2. The van der Waals surface area contributed by atoms with Gasteiger partial charge in [-0.3, -0.25) is 4.79 Å². The number of rotatable bonds is 6. The molecule has 11 heteroatoms. The van der Waals surface area contributed by atoms with E-state index >= 15 is 0 Å². The molecule has 2 aromatic carbocycles. The standard InChI is InChI=1S/C27H26IN3O6S/c1-3-35-20-13-15(9-10-19(20)37-26(33)16-7-5-6-8-18(16)28)23-29-24(32)22-17-11-12-31(27(34)36-4-2)14-21(17)38-25(22)30-23/h5-10,13,23,30H,3-4,11-12,14H2,1-2H3,(H,29,32)/t23-/m1/s1. The van der Waals surface area contributed by atoms with E-state index in [1.54, 1.807) is 42.2 Å². The molecule has 0 saturated heterocycles. The van der Waals surface area contributed by atoms with E-state index in [4.69, 9.17) is 14.2 Å². The second-order valence-corrected chi connectivity index (χ2v) is 10.9. The van der Waals surface area contributed by atoms with Gasteiger partial charge in [0, 0.05) is 15.0 Å². The number of ether oxygens (including phenoxy) is 3. The molecular formula is C27H26IN3O6S. The van der Waals surface area contributed by atoms with Crippen LogP contribution in [0.25, 0.3) is 0 Å². The SMILES string of the molecule is CCOC(=O)N1CCc2c(sc3c2C(=O)N[C@@H](c2ccc(OC(=O)c4ccccc4I)c(OCC)c2)N3)C1. The predicted octanol–water partition coefficient (Wildman–Crippen LogP) is 5.34. The Morgan fingerprint density at radius 3 is 2.68 bits per heavy atom. The number of hydrogen-bond acceptors (Lipinski definition) is 8. The average Bonchev–Trinajstić information content (AvgIpc) is 3.28. The first-order chi connectivity index (χ1) is 18.4. The van der Waals surface area contributed by atoms with E-state index in [1.807, 2.05) is 19.1 Å². The molecule has 0 radical (unpaired) electrons. The molecule has 2 aliphatic heterocycles. The summed E-state index contributed by atoms with van der Waals surface area (Å²) in [6.45, 7) is 5.25. The number of fused-ring (bicyclic) bond motifs is 3. The second kappa shape index (κ2) is 11.2. The first-order valence-electron chi connectivity index (χ1n) is 12.3. The highest BCUT2D eigenvalue weighted by atomic mass is 127. The van der Waals surface area contributed by atoms with E-state index in [-0.39, 0.29) is 12.0 Å². The van der Waals surface area contributed by atoms with Crippen molar-refractivity contribution in [3.05, 3.63) is 73.2 Å². The Balaban J connectivity index is 1.37. The third kappa shape index (κ3) is 5.17. The highest BCUT2D eigenvalue weighted by Crippen LogP contribution is 2.41. The number of carbonyl (C=O) groups excluding carboxylic acids is 3. The fourth-order valence-electron chi connectivity index (χ4n) is 4.49. The van der Waals surface area contributed by atoms with E-state index in [2.05, 4.69) is 33.2 Å². The Labute approximate surface area is 237 Å². The number of nitrogens with zero attached hydrogens (tertiary/aromatic N) is 1. The minimum Gasteiger partial charge on any atom is -0.490 e. The predicted molar refractivity (Wildman–Crippen MR) is 151 cm³/mol. The molecule has 38 heavy (non-hydrogen) atoms. The Hall–Kier alpha value is -3.32. The zero-order valence-corrected chi connectivity index (χ0v) is 23.8. The molecule has 5 rings (SSSR count). The largest absolute Gasteiger partial charge is 0.490 e. The van der Waals surface area contributed by atoms with Crippen LogP contribution in [-0.2, 0) is 17.7 Å². The first-order valence-corrected chi connectivity index (χ1v) is 14.2. The van der Waals surface area contributed by atoms with Gasteiger partial charge in [0.15, 0.2) is 11.5 Å². The molecule has 0 spiro atoms. The summed E-state index contributed by atoms with van der Waals surface area (Å²) in [5, 5.41) is 7.22. The smallest absolute Gasteiger partial charge is 0.410 e. The van der Waals surface area contributed by atoms with Gasteiger partial charge >= 0.3 is 12.1 Å².